The molecule has 0 bridgehead atoms. The Balaban J connectivity index is 2.15. The highest BCUT2D eigenvalue weighted by molar-refractivity contribution is 8.00. The molecule has 1 unspecified atom stereocenters. The average molecular weight is 216 g/mol. The minimum Gasteiger partial charge on any atom is -0.355 e. The summed E-state index contributed by atoms with van der Waals surface area (Å²) in [5.41, 5.74) is 0. The van der Waals surface area contributed by atoms with E-state index in [-0.39, 0.29) is 10.7 Å². The van der Waals surface area contributed by atoms with Gasteiger partial charge in [-0.05, 0) is 32.6 Å². The first-order valence-corrected chi connectivity index (χ1v) is 6.20. The van der Waals surface area contributed by atoms with Crippen LogP contribution in [0.3, 0.4) is 0 Å². The van der Waals surface area contributed by atoms with E-state index in [4.69, 9.17) is 0 Å². The summed E-state index contributed by atoms with van der Waals surface area (Å²) in [5, 5.41) is 5.97. The molecule has 4 heteroatoms. The van der Waals surface area contributed by atoms with Gasteiger partial charge >= 0.3 is 0 Å². The minimum absolute atomic E-state index is 0.160. The molecule has 1 aliphatic heterocycles. The normalized spacial score (nSPS) is 26.4. The van der Waals surface area contributed by atoms with Crippen LogP contribution in [0.1, 0.15) is 26.2 Å². The van der Waals surface area contributed by atoms with E-state index in [1.54, 1.807) is 0 Å². The molecule has 1 aliphatic rings. The first-order valence-electron chi connectivity index (χ1n) is 5.21. The molecule has 0 spiro atoms. The number of rotatable bonds is 5. The molecule has 0 aliphatic carbocycles. The zero-order valence-corrected chi connectivity index (χ0v) is 9.88. The number of carbonyl (C=O) groups excluding carboxylic acids is 1. The summed E-state index contributed by atoms with van der Waals surface area (Å²) in [4.78, 5) is 11.3. The van der Waals surface area contributed by atoms with Crippen molar-refractivity contribution in [1.82, 2.24) is 10.6 Å². The van der Waals surface area contributed by atoms with Crippen LogP contribution in [0.4, 0.5) is 0 Å². The summed E-state index contributed by atoms with van der Waals surface area (Å²) < 4.78 is 0.287. The Labute approximate surface area is 90.4 Å². The Morgan fingerprint density at radius 2 is 2.36 bits per heavy atom. The van der Waals surface area contributed by atoms with Gasteiger partial charge in [0.25, 0.3) is 0 Å². The van der Waals surface area contributed by atoms with Crippen molar-refractivity contribution in [2.45, 2.75) is 30.9 Å². The maximum atomic E-state index is 11.3. The topological polar surface area (TPSA) is 41.1 Å². The number of amides is 1. The van der Waals surface area contributed by atoms with Crippen LogP contribution >= 0.6 is 11.8 Å². The molecule has 0 radical (unpaired) electrons. The predicted octanol–water partition coefficient (Wildman–Crippen LogP) is 0.998. The lowest BCUT2D eigenvalue weighted by atomic mass is 10.1. The Morgan fingerprint density at radius 1 is 1.57 bits per heavy atom. The molecule has 1 rings (SSSR count). The highest BCUT2D eigenvalue weighted by atomic mass is 32.2. The Hall–Kier alpha value is -0.220. The summed E-state index contributed by atoms with van der Waals surface area (Å²) in [6.45, 7) is 3.82. The fraction of sp³-hybridized carbons (Fsp3) is 0.900. The number of thioether (sulfide) groups is 1. The molecule has 0 aromatic heterocycles. The lowest BCUT2D eigenvalue weighted by molar-refractivity contribution is -0.121. The van der Waals surface area contributed by atoms with Crippen LogP contribution in [0.15, 0.2) is 0 Å². The molecule has 1 atom stereocenters. The molecule has 14 heavy (non-hydrogen) atoms. The molecule has 82 valence electrons. The number of hydrogen-bond acceptors (Lipinski definition) is 3. The molecular formula is C10H20N2OS. The Morgan fingerprint density at radius 3 is 2.93 bits per heavy atom. The lowest BCUT2D eigenvalue weighted by Gasteiger charge is -2.22. The van der Waals surface area contributed by atoms with Crippen molar-refractivity contribution in [1.29, 1.82) is 0 Å². The van der Waals surface area contributed by atoms with Gasteiger partial charge in [0.05, 0.1) is 0 Å². The predicted molar refractivity (Wildman–Crippen MR) is 61.7 cm³/mol. The van der Waals surface area contributed by atoms with Crippen LogP contribution in [-0.2, 0) is 4.79 Å². The second-order valence-corrected chi connectivity index (χ2v) is 5.71. The molecule has 1 amide bonds. The first kappa shape index (κ1) is 11.9. The molecule has 2 N–H and O–H groups in total. The van der Waals surface area contributed by atoms with E-state index in [1.165, 1.54) is 18.6 Å². The minimum atomic E-state index is 0.160. The van der Waals surface area contributed by atoms with Crippen molar-refractivity contribution in [3.05, 3.63) is 0 Å². The van der Waals surface area contributed by atoms with Gasteiger partial charge in [-0.3, -0.25) is 4.79 Å². The van der Waals surface area contributed by atoms with Gasteiger partial charge in [-0.2, -0.15) is 11.8 Å². The second-order valence-electron chi connectivity index (χ2n) is 4.03. The molecule has 0 aromatic carbocycles. The van der Waals surface area contributed by atoms with Gasteiger partial charge in [0, 0.05) is 24.3 Å². The molecular weight excluding hydrogens is 196 g/mol. The first-order chi connectivity index (χ1) is 6.66. The fourth-order valence-corrected chi connectivity index (χ4v) is 2.83. The Kier molecular flexibility index (Phi) is 4.75. The second kappa shape index (κ2) is 5.61. The zero-order chi connectivity index (χ0) is 10.4. The molecule has 1 heterocycles. The highest BCUT2D eigenvalue weighted by Crippen LogP contribution is 2.36. The van der Waals surface area contributed by atoms with Crippen molar-refractivity contribution < 1.29 is 4.79 Å². The maximum absolute atomic E-state index is 11.3. The van der Waals surface area contributed by atoms with Gasteiger partial charge < -0.3 is 10.6 Å². The average Bonchev–Trinajstić information content (AvgIpc) is 2.60. The van der Waals surface area contributed by atoms with E-state index in [0.29, 0.717) is 6.42 Å². The molecule has 1 fully saturated rings. The van der Waals surface area contributed by atoms with E-state index >= 15 is 0 Å². The molecule has 3 nitrogen and oxygen atoms in total. The van der Waals surface area contributed by atoms with Crippen molar-refractivity contribution in [3.8, 4) is 0 Å². The monoisotopic (exact) mass is 216 g/mol. The third kappa shape index (κ3) is 3.88. The molecule has 0 saturated carbocycles. The van der Waals surface area contributed by atoms with Gasteiger partial charge in [0.2, 0.25) is 5.91 Å². The van der Waals surface area contributed by atoms with Crippen molar-refractivity contribution >= 4 is 17.7 Å². The van der Waals surface area contributed by atoms with Gasteiger partial charge in [0.15, 0.2) is 0 Å². The SMILES string of the molecule is CNCCC(=O)NCC1(C)CCCS1. The van der Waals surface area contributed by atoms with Crippen LogP contribution in [0.2, 0.25) is 0 Å². The number of carbonyl (C=O) groups is 1. The van der Waals surface area contributed by atoms with Crippen LogP contribution in [0.5, 0.6) is 0 Å². The van der Waals surface area contributed by atoms with E-state index < -0.39 is 0 Å². The summed E-state index contributed by atoms with van der Waals surface area (Å²) in [5.74, 6) is 1.40. The van der Waals surface area contributed by atoms with Crippen molar-refractivity contribution in [2.24, 2.45) is 0 Å². The van der Waals surface area contributed by atoms with Crippen LogP contribution < -0.4 is 10.6 Å². The van der Waals surface area contributed by atoms with Crippen LogP contribution in [-0.4, -0.2) is 36.5 Å². The van der Waals surface area contributed by atoms with E-state index in [9.17, 15) is 4.79 Å². The third-order valence-corrected chi connectivity index (χ3v) is 4.10. The quantitative estimate of drug-likeness (QED) is 0.720. The molecule has 1 saturated heterocycles. The van der Waals surface area contributed by atoms with Gasteiger partial charge in [-0.1, -0.05) is 0 Å². The summed E-state index contributed by atoms with van der Waals surface area (Å²) in [6, 6.07) is 0. The zero-order valence-electron chi connectivity index (χ0n) is 9.06. The standard InChI is InChI=1S/C10H20N2OS/c1-10(5-3-7-14-10)8-12-9(13)4-6-11-2/h11H,3-8H2,1-2H3,(H,12,13). The van der Waals surface area contributed by atoms with Gasteiger partial charge in [-0.25, -0.2) is 0 Å². The van der Waals surface area contributed by atoms with Crippen molar-refractivity contribution in [2.75, 3.05) is 25.9 Å². The van der Waals surface area contributed by atoms with E-state index in [1.807, 2.05) is 18.8 Å². The van der Waals surface area contributed by atoms with Crippen LogP contribution in [0.25, 0.3) is 0 Å². The van der Waals surface area contributed by atoms with Gasteiger partial charge in [-0.15, -0.1) is 0 Å². The number of nitrogens with one attached hydrogen (secondary N) is 2. The van der Waals surface area contributed by atoms with E-state index in [0.717, 1.165) is 13.1 Å². The molecule has 0 aromatic rings. The number of hydrogen-bond donors (Lipinski definition) is 2. The van der Waals surface area contributed by atoms with E-state index in [2.05, 4.69) is 17.6 Å². The highest BCUT2D eigenvalue weighted by Gasteiger charge is 2.29. The summed E-state index contributed by atoms with van der Waals surface area (Å²) in [6.07, 6.45) is 3.09. The van der Waals surface area contributed by atoms with Gasteiger partial charge in [0.1, 0.15) is 0 Å². The lowest BCUT2D eigenvalue weighted by Crippen LogP contribution is -2.37. The maximum Gasteiger partial charge on any atom is 0.221 e. The third-order valence-electron chi connectivity index (χ3n) is 2.56. The largest absolute Gasteiger partial charge is 0.355 e. The summed E-state index contributed by atoms with van der Waals surface area (Å²) >= 11 is 1.98. The summed E-state index contributed by atoms with van der Waals surface area (Å²) in [7, 11) is 1.86. The fourth-order valence-electron chi connectivity index (χ4n) is 1.59. The smallest absolute Gasteiger partial charge is 0.221 e. The van der Waals surface area contributed by atoms with Crippen LogP contribution in [0, 0.1) is 0 Å². The van der Waals surface area contributed by atoms with Crippen molar-refractivity contribution in [3.63, 3.8) is 0 Å². The Bertz CT molecular complexity index is 191.